The van der Waals surface area contributed by atoms with Crippen molar-refractivity contribution in [3.05, 3.63) is 63.8 Å². The smallest absolute Gasteiger partial charge is 0.416 e. The highest BCUT2D eigenvalue weighted by Crippen LogP contribution is 2.42. The summed E-state index contributed by atoms with van der Waals surface area (Å²) in [5, 5.41) is 11.1. The van der Waals surface area contributed by atoms with Crippen LogP contribution in [0.2, 0.25) is 0 Å². The van der Waals surface area contributed by atoms with Gasteiger partial charge in [-0.25, -0.2) is 14.8 Å². The summed E-state index contributed by atoms with van der Waals surface area (Å²) in [5.74, 6) is 0.106. The molecule has 1 amide bonds. The lowest BCUT2D eigenvalue weighted by atomic mass is 9.80. The molecule has 8 nitrogen and oxygen atoms in total. The molecular weight excluding hydrogens is 662 g/mol. The highest BCUT2D eigenvalue weighted by molar-refractivity contribution is 7.13. The number of amides is 1. The summed E-state index contributed by atoms with van der Waals surface area (Å²) in [6.45, 7) is 6.41. The number of aliphatic carboxylic acids is 1. The predicted molar refractivity (Wildman–Crippen MR) is 166 cm³/mol. The number of aryl methyl sites for hydroxylation is 1. The third-order valence-electron chi connectivity index (χ3n) is 9.05. The molecule has 3 aromatic rings. The van der Waals surface area contributed by atoms with Gasteiger partial charge in [-0.3, -0.25) is 9.69 Å². The number of anilines is 1. The Bertz CT molecular complexity index is 1600. The van der Waals surface area contributed by atoms with E-state index in [1.165, 1.54) is 23.2 Å². The average molecular weight is 699 g/mol. The number of thiophene rings is 1. The molecule has 1 aliphatic heterocycles. The topological polar surface area (TPSA) is 95.9 Å². The molecule has 3 heterocycles. The van der Waals surface area contributed by atoms with Gasteiger partial charge in [-0.1, -0.05) is 0 Å². The zero-order valence-corrected chi connectivity index (χ0v) is 27.4. The van der Waals surface area contributed by atoms with Crippen LogP contribution in [0.15, 0.2) is 35.8 Å². The molecule has 15 heteroatoms. The van der Waals surface area contributed by atoms with Gasteiger partial charge in [0.25, 0.3) is 0 Å². The van der Waals surface area contributed by atoms with Gasteiger partial charge in [0.15, 0.2) is 5.82 Å². The van der Waals surface area contributed by atoms with Crippen molar-refractivity contribution in [3.8, 4) is 10.6 Å². The zero-order valence-electron chi connectivity index (χ0n) is 26.6. The molecule has 1 saturated heterocycles. The standard InChI is InChI=1S/C33H36F6N4O4S/c1-4-42(15-21-7-5-20(6-8-21)10-28(44)45)30-26(41-25(14-40-30)27-9-18(2)17-48-27)16-43-19(3)29(47-31(43)46)22-11-23(32(34,35)36)13-24(12-22)33(37,38)39/h9,11-14,17,19-21,29H,4-8,10,15-16H2,1-3H3,(H,44,45). The molecule has 0 radical (unpaired) electrons. The first kappa shape index (κ1) is 35.4. The Morgan fingerprint density at radius 1 is 1.04 bits per heavy atom. The molecule has 2 fully saturated rings. The van der Waals surface area contributed by atoms with E-state index in [2.05, 4.69) is 0 Å². The summed E-state index contributed by atoms with van der Waals surface area (Å²) >= 11 is 1.47. The van der Waals surface area contributed by atoms with Gasteiger partial charge >= 0.3 is 24.4 Å². The van der Waals surface area contributed by atoms with Crippen molar-refractivity contribution in [2.75, 3.05) is 18.0 Å². The number of benzene rings is 1. The Hall–Kier alpha value is -3.88. The minimum atomic E-state index is -5.05. The van der Waals surface area contributed by atoms with E-state index in [-0.39, 0.29) is 30.9 Å². The number of ether oxygens (including phenoxy) is 1. The molecule has 2 aromatic heterocycles. The summed E-state index contributed by atoms with van der Waals surface area (Å²) in [4.78, 5) is 38.2. The van der Waals surface area contributed by atoms with Gasteiger partial charge in [-0.2, -0.15) is 26.3 Å². The van der Waals surface area contributed by atoms with Gasteiger partial charge in [0, 0.05) is 19.5 Å². The second kappa shape index (κ2) is 13.9. The molecule has 0 bridgehead atoms. The van der Waals surface area contributed by atoms with Crippen LogP contribution in [0.3, 0.4) is 0 Å². The SMILES string of the molecule is CCN(CC1CCC(CC(=O)O)CC1)c1ncc(-c2cc(C)cs2)nc1CN1C(=O)OC(c2cc(C(F)(F)F)cc(C(F)(F)F)c2)C1C. The quantitative estimate of drug-likeness (QED) is 0.212. The van der Waals surface area contributed by atoms with Crippen molar-refractivity contribution in [2.24, 2.45) is 11.8 Å². The van der Waals surface area contributed by atoms with Crippen LogP contribution in [0, 0.1) is 18.8 Å². The number of nitrogens with zero attached hydrogens (tertiary/aromatic N) is 4. The number of hydrogen-bond donors (Lipinski definition) is 1. The van der Waals surface area contributed by atoms with Crippen LogP contribution < -0.4 is 4.90 Å². The first-order valence-electron chi connectivity index (χ1n) is 15.7. The summed E-state index contributed by atoms with van der Waals surface area (Å²) in [6.07, 6.45) is -7.32. The van der Waals surface area contributed by atoms with Crippen molar-refractivity contribution in [3.63, 3.8) is 0 Å². The number of halogens is 6. The second-order valence-electron chi connectivity index (χ2n) is 12.5. The summed E-state index contributed by atoms with van der Waals surface area (Å²) in [5.41, 5.74) is -1.40. The number of aromatic nitrogens is 2. The molecule has 2 atom stereocenters. The Kier molecular flexibility index (Phi) is 10.3. The van der Waals surface area contributed by atoms with Gasteiger partial charge in [0.2, 0.25) is 0 Å². The molecule has 1 aliphatic carbocycles. The van der Waals surface area contributed by atoms with Crippen molar-refractivity contribution in [1.82, 2.24) is 14.9 Å². The van der Waals surface area contributed by atoms with E-state index in [4.69, 9.17) is 14.7 Å². The largest absolute Gasteiger partial charge is 0.481 e. The van der Waals surface area contributed by atoms with E-state index < -0.39 is 53.3 Å². The predicted octanol–water partition coefficient (Wildman–Crippen LogP) is 8.74. The maximum atomic E-state index is 13.6. The van der Waals surface area contributed by atoms with Crippen molar-refractivity contribution in [1.29, 1.82) is 0 Å². The summed E-state index contributed by atoms with van der Waals surface area (Å²) < 4.78 is 87.1. The number of rotatable bonds is 10. The third-order valence-corrected chi connectivity index (χ3v) is 10.1. The van der Waals surface area contributed by atoms with Gasteiger partial charge in [0.05, 0.1) is 40.5 Å². The molecule has 2 aliphatic rings. The van der Waals surface area contributed by atoms with Crippen molar-refractivity contribution >= 4 is 29.2 Å². The Morgan fingerprint density at radius 3 is 2.21 bits per heavy atom. The molecule has 5 rings (SSSR count). The molecule has 48 heavy (non-hydrogen) atoms. The number of alkyl halides is 6. The minimum Gasteiger partial charge on any atom is -0.481 e. The number of carboxylic acid groups (broad SMARTS) is 1. The minimum absolute atomic E-state index is 0.0420. The molecule has 1 saturated carbocycles. The Balaban J connectivity index is 1.44. The highest BCUT2D eigenvalue weighted by atomic mass is 32.1. The molecule has 2 unspecified atom stereocenters. The maximum Gasteiger partial charge on any atom is 0.416 e. The number of carboxylic acids is 1. The molecular formula is C33H36F6N4O4S. The average Bonchev–Trinajstić information content (AvgIpc) is 3.57. The fourth-order valence-electron chi connectivity index (χ4n) is 6.48. The number of carbonyl (C=O) groups is 2. The normalized spacial score (nSPS) is 21.8. The van der Waals surface area contributed by atoms with E-state index in [9.17, 15) is 41.0 Å². The Labute approximate surface area is 277 Å². The van der Waals surface area contributed by atoms with Crippen molar-refractivity contribution in [2.45, 2.75) is 83.9 Å². The van der Waals surface area contributed by atoms with E-state index in [1.807, 2.05) is 30.2 Å². The van der Waals surface area contributed by atoms with Gasteiger partial charge < -0.3 is 14.7 Å². The number of carbonyl (C=O) groups excluding carboxylic acids is 1. The summed E-state index contributed by atoms with van der Waals surface area (Å²) in [6, 6.07) is 2.22. The fraction of sp³-hybridized carbons (Fsp3) is 0.515. The van der Waals surface area contributed by atoms with E-state index >= 15 is 0 Å². The summed E-state index contributed by atoms with van der Waals surface area (Å²) in [7, 11) is 0. The van der Waals surface area contributed by atoms with E-state index in [0.29, 0.717) is 42.4 Å². The zero-order chi connectivity index (χ0) is 35.0. The van der Waals surface area contributed by atoms with E-state index in [0.717, 1.165) is 36.1 Å². The maximum absolute atomic E-state index is 13.6. The lowest BCUT2D eigenvalue weighted by Crippen LogP contribution is -2.36. The number of hydrogen-bond acceptors (Lipinski definition) is 7. The molecule has 1 aromatic carbocycles. The van der Waals surface area contributed by atoms with Crippen LogP contribution in [0.25, 0.3) is 10.6 Å². The van der Waals surface area contributed by atoms with Gasteiger partial charge in [-0.15, -0.1) is 11.3 Å². The second-order valence-corrected chi connectivity index (χ2v) is 13.5. The first-order chi connectivity index (χ1) is 22.5. The van der Waals surface area contributed by atoms with Gasteiger partial charge in [-0.05, 0) is 99.1 Å². The Morgan fingerprint density at radius 2 is 1.67 bits per heavy atom. The lowest BCUT2D eigenvalue weighted by molar-refractivity contribution is -0.143. The highest BCUT2D eigenvalue weighted by Gasteiger charge is 2.44. The van der Waals surface area contributed by atoms with Crippen LogP contribution in [0.4, 0.5) is 37.0 Å². The lowest BCUT2D eigenvalue weighted by Gasteiger charge is -2.33. The molecule has 0 spiro atoms. The number of cyclic esters (lactones) is 1. The monoisotopic (exact) mass is 698 g/mol. The van der Waals surface area contributed by atoms with E-state index in [1.54, 1.807) is 6.20 Å². The molecule has 1 N–H and O–H groups in total. The third kappa shape index (κ3) is 8.04. The molecule has 260 valence electrons. The van der Waals surface area contributed by atoms with Crippen LogP contribution >= 0.6 is 11.3 Å². The van der Waals surface area contributed by atoms with Crippen LogP contribution in [-0.4, -0.2) is 51.2 Å². The van der Waals surface area contributed by atoms with Crippen LogP contribution in [0.5, 0.6) is 0 Å². The van der Waals surface area contributed by atoms with Crippen LogP contribution in [-0.2, 0) is 28.4 Å². The van der Waals surface area contributed by atoms with Crippen molar-refractivity contribution < 1.29 is 45.8 Å². The van der Waals surface area contributed by atoms with Gasteiger partial charge in [0.1, 0.15) is 11.8 Å². The first-order valence-corrected chi connectivity index (χ1v) is 16.6. The fourth-order valence-corrected chi connectivity index (χ4v) is 7.34. The van der Waals surface area contributed by atoms with Crippen LogP contribution in [0.1, 0.15) is 80.0 Å².